The highest BCUT2D eigenvalue weighted by Crippen LogP contribution is 2.12. The Morgan fingerprint density at radius 1 is 1.32 bits per heavy atom. The molecule has 0 unspecified atom stereocenters. The lowest BCUT2D eigenvalue weighted by Gasteiger charge is -2.08. The van der Waals surface area contributed by atoms with Crippen molar-refractivity contribution in [3.63, 3.8) is 0 Å². The highest BCUT2D eigenvalue weighted by Gasteiger charge is 1.97. The van der Waals surface area contributed by atoms with Crippen LogP contribution in [0.5, 0.6) is 5.75 Å². The third kappa shape index (κ3) is 4.10. The van der Waals surface area contributed by atoms with Crippen molar-refractivity contribution >= 4 is 0 Å². The molecule has 2 aromatic rings. The van der Waals surface area contributed by atoms with Gasteiger partial charge in [0.15, 0.2) is 0 Å². The number of aromatic nitrogens is 2. The second-order valence-electron chi connectivity index (χ2n) is 4.52. The van der Waals surface area contributed by atoms with E-state index in [9.17, 15) is 0 Å². The maximum atomic E-state index is 5.21. The summed E-state index contributed by atoms with van der Waals surface area (Å²) in [7, 11) is 1.70. The second kappa shape index (κ2) is 6.95. The molecule has 0 atom stereocenters. The van der Waals surface area contributed by atoms with Crippen LogP contribution in [0.25, 0.3) is 0 Å². The summed E-state index contributed by atoms with van der Waals surface area (Å²) in [4.78, 5) is 4.20. The number of methoxy groups -OCH3 is 1. The molecule has 1 heterocycles. The van der Waals surface area contributed by atoms with Gasteiger partial charge >= 0.3 is 0 Å². The van der Waals surface area contributed by atoms with E-state index in [0.29, 0.717) is 0 Å². The Hall–Kier alpha value is -1.81. The number of hydrogen-bond acceptors (Lipinski definition) is 3. The van der Waals surface area contributed by atoms with Gasteiger partial charge < -0.3 is 14.6 Å². The average Bonchev–Trinajstić information content (AvgIpc) is 2.84. The fourth-order valence-corrected chi connectivity index (χ4v) is 2.03. The summed E-state index contributed by atoms with van der Waals surface area (Å²) in [6.07, 6.45) is 4.87. The lowest BCUT2D eigenvalue weighted by Crippen LogP contribution is -2.22. The zero-order chi connectivity index (χ0) is 13.5. The molecule has 1 aromatic heterocycles. The van der Waals surface area contributed by atoms with Crippen LogP contribution in [0.2, 0.25) is 0 Å². The molecule has 0 aliphatic rings. The predicted octanol–water partition coefficient (Wildman–Crippen LogP) is 2.03. The van der Waals surface area contributed by atoms with Crippen molar-refractivity contribution < 1.29 is 4.74 Å². The minimum atomic E-state index is 0.923. The molecule has 0 amide bonds. The molecule has 0 fully saturated rings. The maximum absolute atomic E-state index is 5.21. The molecule has 0 saturated carbocycles. The largest absolute Gasteiger partial charge is 0.497 e. The number of nitrogens with zero attached hydrogens (tertiary/aromatic N) is 2. The van der Waals surface area contributed by atoms with Crippen LogP contribution in [0, 0.1) is 6.92 Å². The monoisotopic (exact) mass is 259 g/mol. The van der Waals surface area contributed by atoms with Gasteiger partial charge in [0, 0.05) is 25.5 Å². The minimum Gasteiger partial charge on any atom is -0.497 e. The molecule has 1 aromatic carbocycles. The van der Waals surface area contributed by atoms with Gasteiger partial charge in [0.1, 0.15) is 11.6 Å². The topological polar surface area (TPSA) is 39.1 Å². The van der Waals surface area contributed by atoms with Crippen LogP contribution in [0.4, 0.5) is 0 Å². The van der Waals surface area contributed by atoms with Gasteiger partial charge in [-0.2, -0.15) is 0 Å². The number of hydrogen-bond donors (Lipinski definition) is 1. The van der Waals surface area contributed by atoms with Crippen molar-refractivity contribution in [1.82, 2.24) is 14.9 Å². The van der Waals surface area contributed by atoms with Crippen LogP contribution in [-0.4, -0.2) is 29.8 Å². The highest BCUT2D eigenvalue weighted by atomic mass is 16.5. The molecule has 1 N–H and O–H groups in total. The van der Waals surface area contributed by atoms with Gasteiger partial charge in [0.25, 0.3) is 0 Å². The zero-order valence-corrected chi connectivity index (χ0v) is 11.6. The van der Waals surface area contributed by atoms with E-state index in [4.69, 9.17) is 4.74 Å². The molecule has 0 saturated heterocycles. The molecule has 0 aliphatic heterocycles. The average molecular weight is 259 g/mol. The number of ether oxygens (including phenoxy) is 1. The summed E-state index contributed by atoms with van der Waals surface area (Å²) >= 11 is 0. The summed E-state index contributed by atoms with van der Waals surface area (Å²) < 4.78 is 7.37. The Kier molecular flexibility index (Phi) is 4.98. The Bertz CT molecular complexity index is 508. The standard InChI is InChI=1S/C15H21N3O/c1-13-17-9-11-18(13)10-8-16-7-6-14-4-3-5-15(12-14)19-2/h3-5,9,11-12,16H,6-8,10H2,1-2H3. The van der Waals surface area contributed by atoms with E-state index in [0.717, 1.165) is 37.6 Å². The van der Waals surface area contributed by atoms with Gasteiger partial charge in [0.05, 0.1) is 7.11 Å². The van der Waals surface area contributed by atoms with Crippen LogP contribution in [0.1, 0.15) is 11.4 Å². The SMILES string of the molecule is COc1cccc(CCNCCn2ccnc2C)c1. The van der Waals surface area contributed by atoms with Gasteiger partial charge in [-0.25, -0.2) is 4.98 Å². The first-order valence-electron chi connectivity index (χ1n) is 6.61. The Morgan fingerprint density at radius 3 is 2.95 bits per heavy atom. The molecule has 4 heteroatoms. The van der Waals surface area contributed by atoms with Crippen molar-refractivity contribution in [1.29, 1.82) is 0 Å². The smallest absolute Gasteiger partial charge is 0.119 e. The summed E-state index contributed by atoms with van der Waals surface area (Å²) in [6.45, 7) is 4.92. The van der Waals surface area contributed by atoms with Crippen LogP contribution in [-0.2, 0) is 13.0 Å². The van der Waals surface area contributed by atoms with Crippen molar-refractivity contribution in [3.05, 3.63) is 48.0 Å². The lowest BCUT2D eigenvalue weighted by molar-refractivity contribution is 0.414. The summed E-state index contributed by atoms with van der Waals surface area (Å²) in [6, 6.07) is 8.22. The fraction of sp³-hybridized carbons (Fsp3) is 0.400. The van der Waals surface area contributed by atoms with Gasteiger partial charge in [0.2, 0.25) is 0 Å². The molecule has 0 aliphatic carbocycles. The first-order valence-corrected chi connectivity index (χ1v) is 6.61. The third-order valence-corrected chi connectivity index (χ3v) is 3.18. The van der Waals surface area contributed by atoms with Crippen LogP contribution < -0.4 is 10.1 Å². The number of imidazole rings is 1. The zero-order valence-electron chi connectivity index (χ0n) is 11.6. The number of benzene rings is 1. The molecule has 0 bridgehead atoms. The van der Waals surface area contributed by atoms with Crippen LogP contribution >= 0.6 is 0 Å². The fourth-order valence-electron chi connectivity index (χ4n) is 2.03. The molecule has 0 radical (unpaired) electrons. The summed E-state index contributed by atoms with van der Waals surface area (Å²) in [5.74, 6) is 1.99. The number of aryl methyl sites for hydroxylation is 1. The van der Waals surface area contributed by atoms with Crippen LogP contribution in [0.15, 0.2) is 36.7 Å². The molecule has 0 spiro atoms. The van der Waals surface area contributed by atoms with Gasteiger partial charge in [-0.1, -0.05) is 12.1 Å². The van der Waals surface area contributed by atoms with E-state index in [2.05, 4.69) is 27.0 Å². The number of rotatable bonds is 7. The summed E-state index contributed by atoms with van der Waals surface area (Å²) in [5.41, 5.74) is 1.30. The highest BCUT2D eigenvalue weighted by molar-refractivity contribution is 5.28. The van der Waals surface area contributed by atoms with E-state index >= 15 is 0 Å². The van der Waals surface area contributed by atoms with Crippen molar-refractivity contribution in [2.24, 2.45) is 0 Å². The van der Waals surface area contributed by atoms with E-state index in [1.807, 2.05) is 31.5 Å². The van der Waals surface area contributed by atoms with Crippen molar-refractivity contribution in [2.75, 3.05) is 20.2 Å². The maximum Gasteiger partial charge on any atom is 0.119 e. The summed E-state index contributed by atoms with van der Waals surface area (Å²) in [5, 5.41) is 3.45. The molecule has 2 rings (SSSR count). The Balaban J connectivity index is 1.68. The molecular formula is C15H21N3O. The first-order chi connectivity index (χ1) is 9.29. The molecule has 19 heavy (non-hydrogen) atoms. The van der Waals surface area contributed by atoms with E-state index in [1.54, 1.807) is 7.11 Å². The molecular weight excluding hydrogens is 238 g/mol. The second-order valence-corrected chi connectivity index (χ2v) is 4.52. The van der Waals surface area contributed by atoms with E-state index in [-0.39, 0.29) is 0 Å². The number of nitrogens with one attached hydrogen (secondary N) is 1. The van der Waals surface area contributed by atoms with Crippen LogP contribution in [0.3, 0.4) is 0 Å². The predicted molar refractivity (Wildman–Crippen MR) is 76.5 cm³/mol. The van der Waals surface area contributed by atoms with Gasteiger partial charge in [-0.3, -0.25) is 0 Å². The van der Waals surface area contributed by atoms with Gasteiger partial charge in [-0.15, -0.1) is 0 Å². The minimum absolute atomic E-state index is 0.923. The van der Waals surface area contributed by atoms with Crippen molar-refractivity contribution in [3.8, 4) is 5.75 Å². The van der Waals surface area contributed by atoms with E-state index in [1.165, 1.54) is 5.56 Å². The Labute approximate surface area is 114 Å². The quantitative estimate of drug-likeness (QED) is 0.773. The molecule has 4 nitrogen and oxygen atoms in total. The normalized spacial score (nSPS) is 10.6. The molecule has 102 valence electrons. The van der Waals surface area contributed by atoms with Crippen molar-refractivity contribution in [2.45, 2.75) is 19.9 Å². The first kappa shape index (κ1) is 13.6. The third-order valence-electron chi connectivity index (χ3n) is 3.18. The van der Waals surface area contributed by atoms with Gasteiger partial charge in [-0.05, 0) is 37.6 Å². The lowest BCUT2D eigenvalue weighted by atomic mass is 10.1. The van der Waals surface area contributed by atoms with E-state index < -0.39 is 0 Å². The Morgan fingerprint density at radius 2 is 2.21 bits per heavy atom.